The van der Waals surface area contributed by atoms with Crippen LogP contribution in [-0.4, -0.2) is 31.2 Å². The molecule has 0 radical (unpaired) electrons. The molecule has 1 N–H and O–H groups in total. The first-order valence-electron chi connectivity index (χ1n) is 6.51. The molecular weight excluding hydrogens is 253 g/mol. The molecule has 0 amide bonds. The summed E-state index contributed by atoms with van der Waals surface area (Å²) in [5, 5.41) is 3.40. The summed E-state index contributed by atoms with van der Waals surface area (Å²) in [5.41, 5.74) is 0.855. The van der Waals surface area contributed by atoms with Crippen molar-refractivity contribution in [2.24, 2.45) is 11.8 Å². The Kier molecular flexibility index (Phi) is 3.39. The summed E-state index contributed by atoms with van der Waals surface area (Å²) in [5.74, 6) is 1.07. The number of nitrogens with one attached hydrogen (secondary N) is 1. The largest absolute Gasteiger partial charge is 0.370 e. The maximum atomic E-state index is 13.4. The summed E-state index contributed by atoms with van der Waals surface area (Å²) >= 11 is 5.62. The van der Waals surface area contributed by atoms with Crippen molar-refractivity contribution in [1.82, 2.24) is 10.3 Å². The van der Waals surface area contributed by atoms with Crippen LogP contribution in [-0.2, 0) is 0 Å². The Bertz CT molecular complexity index is 440. The highest BCUT2D eigenvalue weighted by atomic mass is 35.5. The second-order valence-electron chi connectivity index (χ2n) is 5.21. The molecule has 3 heterocycles. The molecule has 2 aliphatic heterocycles. The van der Waals surface area contributed by atoms with E-state index in [1.54, 1.807) is 6.20 Å². The van der Waals surface area contributed by atoms with Crippen LogP contribution in [0.3, 0.4) is 0 Å². The molecule has 98 valence electrons. The second-order valence-corrected chi connectivity index (χ2v) is 5.57. The van der Waals surface area contributed by atoms with Crippen LogP contribution < -0.4 is 10.2 Å². The van der Waals surface area contributed by atoms with E-state index >= 15 is 0 Å². The van der Waals surface area contributed by atoms with Gasteiger partial charge in [-0.3, -0.25) is 0 Å². The number of pyridine rings is 1. The Hall–Kier alpha value is -0.870. The molecule has 18 heavy (non-hydrogen) atoms. The molecule has 2 unspecified atom stereocenters. The molecule has 0 saturated carbocycles. The topological polar surface area (TPSA) is 28.2 Å². The van der Waals surface area contributed by atoms with Gasteiger partial charge in [-0.05, 0) is 37.8 Å². The van der Waals surface area contributed by atoms with Gasteiger partial charge in [0.2, 0.25) is 0 Å². The first kappa shape index (κ1) is 12.2. The molecule has 2 saturated heterocycles. The number of hydrogen-bond donors (Lipinski definition) is 1. The van der Waals surface area contributed by atoms with Crippen LogP contribution in [0.15, 0.2) is 12.3 Å². The van der Waals surface area contributed by atoms with Crippen LogP contribution in [0.1, 0.15) is 12.8 Å². The monoisotopic (exact) mass is 269 g/mol. The highest BCUT2D eigenvalue weighted by Crippen LogP contribution is 2.31. The third-order valence-corrected chi connectivity index (χ3v) is 4.41. The van der Waals surface area contributed by atoms with E-state index in [0.717, 1.165) is 43.7 Å². The van der Waals surface area contributed by atoms with E-state index in [2.05, 4.69) is 15.2 Å². The SMILES string of the molecule is Fc1cc(N2CCC3CNCCC3C2)cnc1Cl. The van der Waals surface area contributed by atoms with E-state index < -0.39 is 5.82 Å². The number of fused-ring (bicyclic) bond motifs is 1. The van der Waals surface area contributed by atoms with Crippen molar-refractivity contribution in [2.75, 3.05) is 31.1 Å². The summed E-state index contributed by atoms with van der Waals surface area (Å²) in [4.78, 5) is 6.13. The van der Waals surface area contributed by atoms with Crippen molar-refractivity contribution in [3.63, 3.8) is 0 Å². The summed E-state index contributed by atoms with van der Waals surface area (Å²) in [6, 6.07) is 1.50. The zero-order valence-electron chi connectivity index (χ0n) is 10.2. The van der Waals surface area contributed by atoms with Crippen LogP contribution in [0.25, 0.3) is 0 Å². The fourth-order valence-corrected chi connectivity index (χ4v) is 3.17. The van der Waals surface area contributed by atoms with Crippen LogP contribution >= 0.6 is 11.6 Å². The average molecular weight is 270 g/mol. The zero-order valence-corrected chi connectivity index (χ0v) is 11.0. The number of rotatable bonds is 1. The molecule has 3 rings (SSSR count). The number of anilines is 1. The Labute approximate surface area is 111 Å². The normalized spacial score (nSPS) is 28.0. The van der Waals surface area contributed by atoms with Gasteiger partial charge in [-0.25, -0.2) is 9.37 Å². The minimum absolute atomic E-state index is 0.0458. The smallest absolute Gasteiger partial charge is 0.164 e. The standard InChI is InChI=1S/C13H17ClFN3/c14-13-12(15)5-11(7-17-13)18-4-2-9-6-16-3-1-10(9)8-18/h5,7,9-10,16H,1-4,6,8H2. The average Bonchev–Trinajstić information content (AvgIpc) is 2.41. The van der Waals surface area contributed by atoms with Crippen molar-refractivity contribution in [3.05, 3.63) is 23.2 Å². The lowest BCUT2D eigenvalue weighted by Crippen LogP contribution is -2.48. The van der Waals surface area contributed by atoms with Crippen LogP contribution in [0, 0.1) is 17.7 Å². The molecule has 1 aromatic rings. The van der Waals surface area contributed by atoms with Crippen LogP contribution in [0.5, 0.6) is 0 Å². The predicted molar refractivity (Wildman–Crippen MR) is 70.5 cm³/mol. The Morgan fingerprint density at radius 3 is 3.11 bits per heavy atom. The van der Waals surface area contributed by atoms with Crippen molar-refractivity contribution in [3.8, 4) is 0 Å². The maximum Gasteiger partial charge on any atom is 0.164 e. The minimum Gasteiger partial charge on any atom is -0.370 e. The fraction of sp³-hybridized carbons (Fsp3) is 0.615. The van der Waals surface area contributed by atoms with Crippen molar-refractivity contribution in [1.29, 1.82) is 0 Å². The summed E-state index contributed by atoms with van der Waals surface area (Å²) in [7, 11) is 0. The first-order chi connectivity index (χ1) is 8.74. The van der Waals surface area contributed by atoms with Gasteiger partial charge in [0.1, 0.15) is 0 Å². The minimum atomic E-state index is -0.429. The molecule has 2 aliphatic rings. The second kappa shape index (κ2) is 5.02. The third kappa shape index (κ3) is 2.31. The third-order valence-electron chi connectivity index (χ3n) is 4.14. The Morgan fingerprint density at radius 1 is 1.39 bits per heavy atom. The van der Waals surface area contributed by atoms with Gasteiger partial charge >= 0.3 is 0 Å². The molecular formula is C13H17ClFN3. The molecule has 0 bridgehead atoms. The lowest BCUT2D eigenvalue weighted by atomic mass is 9.81. The van der Waals surface area contributed by atoms with E-state index in [0.29, 0.717) is 0 Å². The van der Waals surface area contributed by atoms with Gasteiger partial charge in [0.15, 0.2) is 11.0 Å². The molecule has 2 fully saturated rings. The Balaban J connectivity index is 1.75. The highest BCUT2D eigenvalue weighted by Gasteiger charge is 2.31. The van der Waals surface area contributed by atoms with E-state index in [-0.39, 0.29) is 5.15 Å². The number of halogens is 2. The van der Waals surface area contributed by atoms with E-state index in [4.69, 9.17) is 11.6 Å². The van der Waals surface area contributed by atoms with Crippen LogP contribution in [0.2, 0.25) is 5.15 Å². The fourth-order valence-electron chi connectivity index (χ4n) is 3.07. The molecule has 2 atom stereocenters. The molecule has 5 heteroatoms. The lowest BCUT2D eigenvalue weighted by Gasteiger charge is -2.42. The molecule has 0 spiro atoms. The zero-order chi connectivity index (χ0) is 12.5. The van der Waals surface area contributed by atoms with Gasteiger partial charge in [0.25, 0.3) is 0 Å². The molecule has 1 aromatic heterocycles. The van der Waals surface area contributed by atoms with Gasteiger partial charge in [-0.15, -0.1) is 0 Å². The van der Waals surface area contributed by atoms with E-state index in [9.17, 15) is 4.39 Å². The van der Waals surface area contributed by atoms with E-state index in [1.165, 1.54) is 18.9 Å². The Morgan fingerprint density at radius 2 is 2.28 bits per heavy atom. The van der Waals surface area contributed by atoms with Crippen molar-refractivity contribution < 1.29 is 4.39 Å². The van der Waals surface area contributed by atoms with Crippen LogP contribution in [0.4, 0.5) is 10.1 Å². The maximum absolute atomic E-state index is 13.4. The predicted octanol–water partition coefficient (Wildman–Crippen LogP) is 2.31. The first-order valence-corrected chi connectivity index (χ1v) is 6.88. The number of nitrogens with zero attached hydrogens (tertiary/aromatic N) is 2. The van der Waals surface area contributed by atoms with Gasteiger partial charge < -0.3 is 10.2 Å². The quantitative estimate of drug-likeness (QED) is 0.793. The van der Waals surface area contributed by atoms with Gasteiger partial charge in [-0.1, -0.05) is 11.6 Å². The van der Waals surface area contributed by atoms with Crippen molar-refractivity contribution in [2.45, 2.75) is 12.8 Å². The van der Waals surface area contributed by atoms with Gasteiger partial charge in [-0.2, -0.15) is 0 Å². The molecule has 0 aliphatic carbocycles. The molecule has 3 nitrogen and oxygen atoms in total. The lowest BCUT2D eigenvalue weighted by molar-refractivity contribution is 0.218. The summed E-state index contributed by atoms with van der Waals surface area (Å²) in [6.07, 6.45) is 4.05. The number of piperidine rings is 2. The highest BCUT2D eigenvalue weighted by molar-refractivity contribution is 6.29. The number of aromatic nitrogens is 1. The summed E-state index contributed by atoms with van der Waals surface area (Å²) in [6.45, 7) is 4.22. The van der Waals surface area contributed by atoms with Gasteiger partial charge in [0, 0.05) is 19.2 Å². The summed E-state index contributed by atoms with van der Waals surface area (Å²) < 4.78 is 13.4. The van der Waals surface area contributed by atoms with E-state index in [1.807, 2.05) is 0 Å². The number of hydrogen-bond acceptors (Lipinski definition) is 3. The van der Waals surface area contributed by atoms with Crippen molar-refractivity contribution >= 4 is 17.3 Å². The molecule has 0 aromatic carbocycles. The van der Waals surface area contributed by atoms with Gasteiger partial charge in [0.05, 0.1) is 11.9 Å².